The Balaban J connectivity index is 2.68. The minimum atomic E-state index is -1.64. The largest absolute Gasteiger partial charge is 0.466 e. The van der Waals surface area contributed by atoms with Gasteiger partial charge in [-0.25, -0.2) is 0 Å². The summed E-state index contributed by atoms with van der Waals surface area (Å²) in [5, 5.41) is 0.264. The Morgan fingerprint density at radius 2 is 1.81 bits per heavy atom. The van der Waals surface area contributed by atoms with Crippen LogP contribution in [0.4, 0.5) is 0 Å². The highest BCUT2D eigenvalue weighted by atomic mass is 28.4. The predicted octanol–water partition coefficient (Wildman–Crippen LogP) is 4.42. The summed E-state index contributed by atoms with van der Waals surface area (Å²) in [5.41, 5.74) is 1.18. The maximum Gasteiger partial charge on any atom is 0.192 e. The van der Waals surface area contributed by atoms with E-state index in [0.717, 1.165) is 11.5 Å². The smallest absolute Gasteiger partial charge is 0.192 e. The molecule has 0 aliphatic carbocycles. The number of rotatable bonds is 3. The van der Waals surface area contributed by atoms with Crippen molar-refractivity contribution in [3.8, 4) is 0 Å². The number of furan rings is 1. The maximum absolute atomic E-state index is 6.15. The van der Waals surface area contributed by atoms with E-state index >= 15 is 0 Å². The summed E-state index contributed by atoms with van der Waals surface area (Å²) in [7, 11) is -1.64. The van der Waals surface area contributed by atoms with Crippen LogP contribution in [0.2, 0.25) is 18.1 Å². The van der Waals surface area contributed by atoms with Gasteiger partial charge in [-0.05, 0) is 38.0 Å². The molecule has 0 bridgehead atoms. The van der Waals surface area contributed by atoms with Crippen LogP contribution >= 0.6 is 0 Å². The summed E-state index contributed by atoms with van der Waals surface area (Å²) >= 11 is 0. The van der Waals surface area contributed by atoms with E-state index in [1.54, 1.807) is 0 Å². The molecule has 0 spiro atoms. The molecular formula is C13H24O2Si. The normalized spacial score (nSPS) is 13.2. The van der Waals surface area contributed by atoms with Gasteiger partial charge in [-0.1, -0.05) is 20.8 Å². The third-order valence-electron chi connectivity index (χ3n) is 3.54. The molecule has 1 aromatic rings. The van der Waals surface area contributed by atoms with E-state index in [1.165, 1.54) is 5.56 Å². The van der Waals surface area contributed by atoms with Crippen molar-refractivity contribution in [2.45, 2.75) is 59.4 Å². The minimum Gasteiger partial charge on any atom is -0.466 e. The van der Waals surface area contributed by atoms with Gasteiger partial charge in [0, 0.05) is 5.56 Å². The Morgan fingerprint density at radius 3 is 2.19 bits per heavy atom. The molecule has 16 heavy (non-hydrogen) atoms. The Labute approximate surface area is 100 Å². The summed E-state index contributed by atoms with van der Waals surface area (Å²) in [4.78, 5) is 0. The quantitative estimate of drug-likeness (QED) is 0.730. The fraction of sp³-hybridized carbons (Fsp3) is 0.692. The lowest BCUT2D eigenvalue weighted by molar-refractivity contribution is 0.274. The zero-order chi connectivity index (χ0) is 12.6. The summed E-state index contributed by atoms with van der Waals surface area (Å²) in [6.45, 7) is 16.0. The van der Waals surface area contributed by atoms with Crippen LogP contribution in [0.25, 0.3) is 0 Å². The zero-order valence-electron chi connectivity index (χ0n) is 11.6. The van der Waals surface area contributed by atoms with Crippen LogP contribution in [-0.2, 0) is 11.0 Å². The minimum absolute atomic E-state index is 0.264. The van der Waals surface area contributed by atoms with E-state index in [4.69, 9.17) is 8.84 Å². The third-order valence-corrected chi connectivity index (χ3v) is 8.02. The first-order valence-electron chi connectivity index (χ1n) is 5.83. The average Bonchev–Trinajstić information content (AvgIpc) is 2.39. The van der Waals surface area contributed by atoms with Crippen molar-refractivity contribution in [3.63, 3.8) is 0 Å². The molecule has 92 valence electrons. The molecule has 2 nitrogen and oxygen atoms in total. The first kappa shape index (κ1) is 13.5. The fourth-order valence-electron chi connectivity index (χ4n) is 1.30. The summed E-state index contributed by atoms with van der Waals surface area (Å²) in [6, 6.07) is 2.07. The van der Waals surface area contributed by atoms with E-state index in [0.29, 0.717) is 6.61 Å². The van der Waals surface area contributed by atoms with Crippen LogP contribution in [0.1, 0.15) is 37.9 Å². The van der Waals surface area contributed by atoms with Gasteiger partial charge in [0.25, 0.3) is 0 Å². The van der Waals surface area contributed by atoms with Crippen LogP contribution in [0.5, 0.6) is 0 Å². The van der Waals surface area contributed by atoms with E-state index in [2.05, 4.69) is 39.9 Å². The molecule has 1 rings (SSSR count). The van der Waals surface area contributed by atoms with Gasteiger partial charge in [-0.3, -0.25) is 0 Å². The fourth-order valence-corrected chi connectivity index (χ4v) is 2.25. The van der Waals surface area contributed by atoms with Gasteiger partial charge in [0.05, 0.1) is 6.61 Å². The van der Waals surface area contributed by atoms with Crippen LogP contribution in [0, 0.1) is 13.8 Å². The summed E-state index contributed by atoms with van der Waals surface area (Å²) in [5.74, 6) is 1.95. The second-order valence-corrected chi connectivity index (χ2v) is 10.8. The van der Waals surface area contributed by atoms with E-state index in [9.17, 15) is 0 Å². The second kappa shape index (κ2) is 4.38. The molecule has 1 heterocycles. The Kier molecular flexibility index (Phi) is 3.70. The van der Waals surface area contributed by atoms with Crippen molar-refractivity contribution in [1.29, 1.82) is 0 Å². The average molecular weight is 240 g/mol. The van der Waals surface area contributed by atoms with Crippen molar-refractivity contribution in [1.82, 2.24) is 0 Å². The molecule has 0 aliphatic rings. The van der Waals surface area contributed by atoms with Gasteiger partial charge in [-0.15, -0.1) is 0 Å². The first-order valence-corrected chi connectivity index (χ1v) is 8.74. The highest BCUT2D eigenvalue weighted by Crippen LogP contribution is 2.37. The molecule has 0 aliphatic heterocycles. The molecule has 0 radical (unpaired) electrons. The van der Waals surface area contributed by atoms with Crippen molar-refractivity contribution >= 4 is 8.32 Å². The standard InChI is InChI=1S/C13H24O2Si/c1-10-8-12(11(2)15-10)9-14-16(6,7)13(3,4)5/h8H,9H2,1-7H3. The van der Waals surface area contributed by atoms with Crippen LogP contribution in [-0.4, -0.2) is 8.32 Å². The zero-order valence-corrected chi connectivity index (χ0v) is 12.6. The van der Waals surface area contributed by atoms with Crippen molar-refractivity contribution in [3.05, 3.63) is 23.2 Å². The molecule has 1 aromatic heterocycles. The Bertz CT molecular complexity index is 358. The monoisotopic (exact) mass is 240 g/mol. The molecule has 0 N–H and O–H groups in total. The molecule has 0 saturated heterocycles. The number of aryl methyl sites for hydroxylation is 2. The summed E-state index contributed by atoms with van der Waals surface area (Å²) < 4.78 is 11.7. The number of hydrogen-bond acceptors (Lipinski definition) is 2. The maximum atomic E-state index is 6.15. The Hall–Kier alpha value is -0.543. The third kappa shape index (κ3) is 2.98. The van der Waals surface area contributed by atoms with Gasteiger partial charge < -0.3 is 8.84 Å². The highest BCUT2D eigenvalue weighted by Gasteiger charge is 2.37. The van der Waals surface area contributed by atoms with Crippen LogP contribution in [0.3, 0.4) is 0 Å². The van der Waals surface area contributed by atoms with Gasteiger partial charge in [0.15, 0.2) is 8.32 Å². The van der Waals surface area contributed by atoms with Crippen molar-refractivity contribution in [2.75, 3.05) is 0 Å². The number of hydrogen-bond donors (Lipinski definition) is 0. The second-order valence-electron chi connectivity index (χ2n) is 5.99. The topological polar surface area (TPSA) is 22.4 Å². The molecule has 0 saturated carbocycles. The lowest BCUT2D eigenvalue weighted by Gasteiger charge is -2.36. The van der Waals surface area contributed by atoms with Crippen molar-refractivity contribution in [2.24, 2.45) is 0 Å². The molecule has 0 amide bonds. The predicted molar refractivity (Wildman–Crippen MR) is 70.2 cm³/mol. The lowest BCUT2D eigenvalue weighted by Crippen LogP contribution is -2.40. The van der Waals surface area contributed by atoms with Crippen LogP contribution < -0.4 is 0 Å². The first-order chi connectivity index (χ1) is 7.13. The molecular weight excluding hydrogens is 216 g/mol. The molecule has 0 unspecified atom stereocenters. The highest BCUT2D eigenvalue weighted by molar-refractivity contribution is 6.74. The van der Waals surface area contributed by atoms with Gasteiger partial charge >= 0.3 is 0 Å². The van der Waals surface area contributed by atoms with Crippen molar-refractivity contribution < 1.29 is 8.84 Å². The Morgan fingerprint density at radius 1 is 1.25 bits per heavy atom. The molecule has 0 fully saturated rings. The summed E-state index contributed by atoms with van der Waals surface area (Å²) in [6.07, 6.45) is 0. The molecule has 3 heteroatoms. The van der Waals surface area contributed by atoms with E-state index in [-0.39, 0.29) is 5.04 Å². The van der Waals surface area contributed by atoms with E-state index < -0.39 is 8.32 Å². The SMILES string of the molecule is Cc1cc(CO[Si](C)(C)C(C)(C)C)c(C)o1. The lowest BCUT2D eigenvalue weighted by atomic mass is 10.2. The molecule has 0 aromatic carbocycles. The van der Waals surface area contributed by atoms with Gasteiger partial charge in [0.1, 0.15) is 11.5 Å². The molecule has 0 atom stereocenters. The van der Waals surface area contributed by atoms with Gasteiger partial charge in [0.2, 0.25) is 0 Å². The van der Waals surface area contributed by atoms with Gasteiger partial charge in [-0.2, -0.15) is 0 Å². The van der Waals surface area contributed by atoms with Crippen LogP contribution in [0.15, 0.2) is 10.5 Å². The van der Waals surface area contributed by atoms with E-state index in [1.807, 2.05) is 13.8 Å².